The van der Waals surface area contributed by atoms with Crippen LogP contribution in [0.5, 0.6) is 0 Å². The summed E-state index contributed by atoms with van der Waals surface area (Å²) in [5, 5.41) is 10.4. The molecule has 146 valence electrons. The molecule has 8 heteroatoms. The molecule has 28 heavy (non-hydrogen) atoms. The SMILES string of the molecule is Cc1cc(C(=O)N2CCCC(c3n[nH]c(C4CC4)n3)C2)c(C)n1-c1nccs1. The highest BCUT2D eigenvalue weighted by molar-refractivity contribution is 7.12. The molecule has 0 radical (unpaired) electrons. The van der Waals surface area contributed by atoms with Crippen molar-refractivity contribution in [1.82, 2.24) is 29.6 Å². The molecular weight excluding hydrogens is 372 g/mol. The largest absolute Gasteiger partial charge is 0.338 e. The van der Waals surface area contributed by atoms with Crippen LogP contribution in [0.1, 0.15) is 70.9 Å². The van der Waals surface area contributed by atoms with Gasteiger partial charge in [0.2, 0.25) is 0 Å². The standard InChI is InChI=1S/C20H24N6OS/c1-12-10-16(13(2)26(12)20-21-7-9-28-20)19(27)25-8-3-4-15(11-25)18-22-17(23-24-18)14-5-6-14/h7,9-10,14-15H,3-6,8,11H2,1-2H3,(H,22,23,24). The van der Waals surface area contributed by atoms with Gasteiger partial charge in [-0.1, -0.05) is 0 Å². The fourth-order valence-electron chi connectivity index (χ4n) is 4.15. The molecule has 0 spiro atoms. The van der Waals surface area contributed by atoms with Crippen LogP contribution in [0.4, 0.5) is 0 Å². The van der Waals surface area contributed by atoms with E-state index in [0.29, 0.717) is 12.5 Å². The molecule has 0 aromatic carbocycles. The quantitative estimate of drug-likeness (QED) is 0.731. The summed E-state index contributed by atoms with van der Waals surface area (Å²) in [7, 11) is 0. The smallest absolute Gasteiger partial charge is 0.255 e. The van der Waals surface area contributed by atoms with Crippen LogP contribution in [-0.2, 0) is 0 Å². The van der Waals surface area contributed by atoms with Gasteiger partial charge in [0.25, 0.3) is 5.91 Å². The number of carbonyl (C=O) groups is 1. The van der Waals surface area contributed by atoms with E-state index in [4.69, 9.17) is 4.98 Å². The molecule has 3 aromatic rings. The predicted octanol–water partition coefficient (Wildman–Crippen LogP) is 3.57. The van der Waals surface area contributed by atoms with E-state index >= 15 is 0 Å². The molecule has 1 amide bonds. The molecule has 4 heterocycles. The average molecular weight is 397 g/mol. The van der Waals surface area contributed by atoms with Crippen molar-refractivity contribution in [2.75, 3.05) is 13.1 Å². The second-order valence-corrected chi connectivity index (χ2v) is 8.75. The first-order valence-electron chi connectivity index (χ1n) is 9.92. The van der Waals surface area contributed by atoms with Crippen molar-refractivity contribution >= 4 is 17.2 Å². The number of H-pyrrole nitrogens is 1. The molecule has 7 nitrogen and oxygen atoms in total. The Morgan fingerprint density at radius 1 is 1.25 bits per heavy atom. The Morgan fingerprint density at radius 2 is 2.11 bits per heavy atom. The van der Waals surface area contributed by atoms with Crippen molar-refractivity contribution in [3.63, 3.8) is 0 Å². The Hall–Kier alpha value is -2.48. The van der Waals surface area contributed by atoms with Gasteiger partial charge in [0.1, 0.15) is 5.82 Å². The van der Waals surface area contributed by atoms with E-state index in [2.05, 4.69) is 19.7 Å². The number of nitrogens with zero attached hydrogens (tertiary/aromatic N) is 5. The minimum Gasteiger partial charge on any atom is -0.338 e. The Kier molecular flexibility index (Phi) is 4.30. The van der Waals surface area contributed by atoms with Crippen LogP contribution in [-0.4, -0.2) is 48.6 Å². The number of amides is 1. The first kappa shape index (κ1) is 17.6. The van der Waals surface area contributed by atoms with Crippen molar-refractivity contribution in [2.24, 2.45) is 0 Å². The van der Waals surface area contributed by atoms with Gasteiger partial charge in [0, 0.05) is 47.9 Å². The molecule has 0 bridgehead atoms. The first-order chi connectivity index (χ1) is 13.6. The lowest BCUT2D eigenvalue weighted by Gasteiger charge is -2.31. The summed E-state index contributed by atoms with van der Waals surface area (Å²) >= 11 is 1.58. The molecular formula is C20H24N6OS. The monoisotopic (exact) mass is 396 g/mol. The summed E-state index contributed by atoms with van der Waals surface area (Å²) in [4.78, 5) is 24.4. The molecule has 5 rings (SSSR count). The third-order valence-corrected chi connectivity index (χ3v) is 6.59. The molecule has 2 aliphatic rings. The van der Waals surface area contributed by atoms with Crippen LogP contribution in [0.2, 0.25) is 0 Å². The van der Waals surface area contributed by atoms with Gasteiger partial charge < -0.3 is 4.90 Å². The van der Waals surface area contributed by atoms with Crippen LogP contribution < -0.4 is 0 Å². The number of aromatic nitrogens is 5. The zero-order chi connectivity index (χ0) is 19.3. The minimum absolute atomic E-state index is 0.0959. The maximum absolute atomic E-state index is 13.3. The van der Waals surface area contributed by atoms with E-state index in [1.54, 1.807) is 17.5 Å². The fourth-order valence-corrected chi connectivity index (χ4v) is 4.90. The number of aromatic amines is 1. The minimum atomic E-state index is 0.0959. The summed E-state index contributed by atoms with van der Waals surface area (Å²) in [5.41, 5.74) is 2.75. The highest BCUT2D eigenvalue weighted by Crippen LogP contribution is 2.38. The van der Waals surface area contributed by atoms with Gasteiger partial charge in [-0.15, -0.1) is 11.3 Å². The van der Waals surface area contributed by atoms with Gasteiger partial charge in [-0.3, -0.25) is 14.5 Å². The van der Waals surface area contributed by atoms with Crippen molar-refractivity contribution in [2.45, 2.75) is 51.4 Å². The maximum Gasteiger partial charge on any atom is 0.255 e. The van der Waals surface area contributed by atoms with Gasteiger partial charge in [-0.25, -0.2) is 9.97 Å². The molecule has 1 saturated carbocycles. The topological polar surface area (TPSA) is 79.7 Å². The zero-order valence-electron chi connectivity index (χ0n) is 16.2. The Labute approximate surface area is 167 Å². The second kappa shape index (κ2) is 6.84. The lowest BCUT2D eigenvalue weighted by molar-refractivity contribution is 0.0704. The summed E-state index contributed by atoms with van der Waals surface area (Å²) in [6, 6.07) is 1.99. The summed E-state index contributed by atoms with van der Waals surface area (Å²) < 4.78 is 2.07. The highest BCUT2D eigenvalue weighted by atomic mass is 32.1. The van der Waals surface area contributed by atoms with Gasteiger partial charge >= 0.3 is 0 Å². The average Bonchev–Trinajstić information content (AvgIpc) is 3.09. The molecule has 1 saturated heterocycles. The lowest BCUT2D eigenvalue weighted by atomic mass is 9.96. The molecule has 1 atom stereocenters. The van der Waals surface area contributed by atoms with Crippen molar-refractivity contribution in [3.05, 3.63) is 46.2 Å². The number of piperidine rings is 1. The number of hydrogen-bond donors (Lipinski definition) is 1. The molecule has 1 aliphatic carbocycles. The third kappa shape index (κ3) is 3.05. The van der Waals surface area contributed by atoms with Crippen LogP contribution in [0.25, 0.3) is 5.13 Å². The number of rotatable bonds is 4. The highest BCUT2D eigenvalue weighted by Gasteiger charge is 2.32. The number of hydrogen-bond acceptors (Lipinski definition) is 5. The first-order valence-corrected chi connectivity index (χ1v) is 10.8. The van der Waals surface area contributed by atoms with E-state index in [1.807, 2.05) is 30.2 Å². The normalized spacial score (nSPS) is 19.9. The summed E-state index contributed by atoms with van der Waals surface area (Å²) in [6.07, 6.45) is 6.22. The zero-order valence-corrected chi connectivity index (χ0v) is 17.0. The van der Waals surface area contributed by atoms with E-state index < -0.39 is 0 Å². The summed E-state index contributed by atoms with van der Waals surface area (Å²) in [6.45, 7) is 5.50. The lowest BCUT2D eigenvalue weighted by Crippen LogP contribution is -2.39. The Bertz CT molecular complexity index is 1000. The van der Waals surface area contributed by atoms with Gasteiger partial charge in [-0.2, -0.15) is 5.10 Å². The Balaban J connectivity index is 1.37. The van der Waals surface area contributed by atoms with Crippen LogP contribution in [0, 0.1) is 13.8 Å². The number of thiazole rings is 1. The number of aryl methyl sites for hydroxylation is 1. The molecule has 2 fully saturated rings. The number of likely N-dealkylation sites (tertiary alicyclic amines) is 1. The van der Waals surface area contributed by atoms with Crippen LogP contribution in [0.15, 0.2) is 17.6 Å². The fraction of sp³-hybridized carbons (Fsp3) is 0.500. The van der Waals surface area contributed by atoms with Gasteiger partial charge in [0.05, 0.1) is 5.56 Å². The number of carbonyl (C=O) groups excluding carboxylic acids is 1. The molecule has 3 aromatic heterocycles. The summed E-state index contributed by atoms with van der Waals surface area (Å²) in [5.74, 6) is 2.76. The maximum atomic E-state index is 13.3. The molecule has 1 unspecified atom stereocenters. The predicted molar refractivity (Wildman–Crippen MR) is 107 cm³/mol. The van der Waals surface area contributed by atoms with Crippen LogP contribution in [0.3, 0.4) is 0 Å². The Morgan fingerprint density at radius 3 is 2.86 bits per heavy atom. The van der Waals surface area contributed by atoms with E-state index in [9.17, 15) is 4.79 Å². The van der Waals surface area contributed by atoms with E-state index in [1.165, 1.54) is 12.8 Å². The van der Waals surface area contributed by atoms with E-state index in [0.717, 1.165) is 53.1 Å². The van der Waals surface area contributed by atoms with Gasteiger partial charge in [-0.05, 0) is 45.6 Å². The number of nitrogens with one attached hydrogen (secondary N) is 1. The second-order valence-electron chi connectivity index (χ2n) is 7.88. The van der Waals surface area contributed by atoms with Crippen molar-refractivity contribution < 1.29 is 4.79 Å². The molecule has 1 N–H and O–H groups in total. The molecule has 1 aliphatic heterocycles. The van der Waals surface area contributed by atoms with Gasteiger partial charge in [0.15, 0.2) is 11.0 Å². The van der Waals surface area contributed by atoms with E-state index in [-0.39, 0.29) is 11.8 Å². The third-order valence-electron chi connectivity index (χ3n) is 5.83. The van der Waals surface area contributed by atoms with Crippen LogP contribution >= 0.6 is 11.3 Å². The van der Waals surface area contributed by atoms with Crippen molar-refractivity contribution in [1.29, 1.82) is 0 Å². The van der Waals surface area contributed by atoms with Crippen molar-refractivity contribution in [3.8, 4) is 5.13 Å².